The number of piperidine rings is 1. The molecular formula is C15H18N6O4S. The minimum atomic E-state index is -4.11. The smallest absolute Gasteiger partial charge is 0.270 e. The van der Waals surface area contributed by atoms with Gasteiger partial charge in [-0.15, -0.1) is 0 Å². The topological polar surface area (TPSA) is 144 Å². The highest BCUT2D eigenvalue weighted by Crippen LogP contribution is 2.27. The summed E-state index contributed by atoms with van der Waals surface area (Å²) in [5.41, 5.74) is -0.0820. The monoisotopic (exact) mass is 378 g/mol. The first-order chi connectivity index (χ1) is 12.3. The van der Waals surface area contributed by atoms with Crippen molar-refractivity contribution in [3.05, 3.63) is 46.8 Å². The summed E-state index contributed by atoms with van der Waals surface area (Å²) in [6, 6.07) is 5.25. The molecule has 0 radical (unpaired) electrons. The van der Waals surface area contributed by atoms with Gasteiger partial charge in [-0.3, -0.25) is 10.1 Å². The van der Waals surface area contributed by atoms with Crippen LogP contribution in [0.5, 0.6) is 0 Å². The molecule has 2 aromatic rings. The Hall–Kier alpha value is -2.79. The Kier molecular flexibility index (Phi) is 5.00. The van der Waals surface area contributed by atoms with E-state index in [1.54, 1.807) is 18.5 Å². The predicted octanol–water partition coefficient (Wildman–Crippen LogP) is 1.11. The minimum absolute atomic E-state index is 0.0745. The lowest BCUT2D eigenvalue weighted by atomic mass is 10.1. The highest BCUT2D eigenvalue weighted by atomic mass is 32.2. The minimum Gasteiger partial charge on any atom is -0.379 e. The number of nitrogens with two attached hydrogens (primary N) is 1. The zero-order valence-electron chi connectivity index (χ0n) is 13.8. The summed E-state index contributed by atoms with van der Waals surface area (Å²) < 4.78 is 23.7. The molecule has 0 saturated carbocycles. The molecule has 1 unspecified atom stereocenters. The van der Waals surface area contributed by atoms with Crippen molar-refractivity contribution in [3.8, 4) is 0 Å². The van der Waals surface area contributed by atoms with Gasteiger partial charge < -0.3 is 10.2 Å². The fraction of sp³-hybridized carbons (Fsp3) is 0.333. The largest absolute Gasteiger partial charge is 0.379 e. The van der Waals surface area contributed by atoms with Gasteiger partial charge >= 0.3 is 0 Å². The van der Waals surface area contributed by atoms with Crippen molar-refractivity contribution in [2.24, 2.45) is 5.14 Å². The van der Waals surface area contributed by atoms with Crippen molar-refractivity contribution in [3.63, 3.8) is 0 Å². The molecule has 1 aromatic heterocycles. The number of anilines is 2. The van der Waals surface area contributed by atoms with E-state index in [-0.39, 0.29) is 22.3 Å². The second kappa shape index (κ2) is 7.22. The van der Waals surface area contributed by atoms with Gasteiger partial charge in [0.1, 0.15) is 4.90 Å². The van der Waals surface area contributed by atoms with Crippen LogP contribution < -0.4 is 15.4 Å². The number of benzene rings is 1. The van der Waals surface area contributed by atoms with E-state index in [2.05, 4.69) is 15.3 Å². The lowest BCUT2D eigenvalue weighted by Gasteiger charge is -2.33. The Morgan fingerprint density at radius 3 is 2.69 bits per heavy atom. The molecule has 10 nitrogen and oxygen atoms in total. The van der Waals surface area contributed by atoms with Gasteiger partial charge in [-0.2, -0.15) is 0 Å². The molecule has 1 fully saturated rings. The first-order valence-electron chi connectivity index (χ1n) is 7.94. The van der Waals surface area contributed by atoms with Crippen LogP contribution in [0.2, 0.25) is 0 Å². The highest BCUT2D eigenvalue weighted by Gasteiger charge is 2.25. The van der Waals surface area contributed by atoms with Crippen LogP contribution in [0.15, 0.2) is 41.6 Å². The van der Waals surface area contributed by atoms with E-state index >= 15 is 0 Å². The Balaban J connectivity index is 1.83. The second-order valence-corrected chi connectivity index (χ2v) is 7.49. The number of nitro benzene ring substituents is 1. The number of primary sulfonamides is 1. The normalized spacial score (nSPS) is 17.7. The van der Waals surface area contributed by atoms with E-state index in [1.807, 2.05) is 4.90 Å². The molecular weight excluding hydrogens is 360 g/mol. The van der Waals surface area contributed by atoms with Gasteiger partial charge in [0, 0.05) is 43.7 Å². The van der Waals surface area contributed by atoms with Crippen molar-refractivity contribution >= 4 is 27.3 Å². The molecule has 0 aliphatic carbocycles. The van der Waals surface area contributed by atoms with E-state index in [1.165, 1.54) is 12.1 Å². The van der Waals surface area contributed by atoms with Crippen molar-refractivity contribution in [2.45, 2.75) is 23.8 Å². The van der Waals surface area contributed by atoms with Crippen LogP contribution in [-0.4, -0.2) is 42.4 Å². The Morgan fingerprint density at radius 2 is 2.04 bits per heavy atom. The molecule has 1 aliphatic heterocycles. The number of rotatable bonds is 5. The van der Waals surface area contributed by atoms with Crippen molar-refractivity contribution in [1.82, 2.24) is 9.97 Å². The molecule has 1 aromatic carbocycles. The SMILES string of the molecule is NS(=O)(=O)c1cc([N+](=O)[O-])ccc1NC1CCCN(c2ncccn2)C1. The maximum Gasteiger partial charge on any atom is 0.270 e. The first-order valence-corrected chi connectivity index (χ1v) is 9.49. The van der Waals surface area contributed by atoms with Gasteiger partial charge in [0.25, 0.3) is 5.69 Å². The van der Waals surface area contributed by atoms with E-state index < -0.39 is 14.9 Å². The van der Waals surface area contributed by atoms with Crippen molar-refractivity contribution < 1.29 is 13.3 Å². The number of nitrogens with one attached hydrogen (secondary N) is 1. The molecule has 0 bridgehead atoms. The zero-order valence-corrected chi connectivity index (χ0v) is 14.6. The van der Waals surface area contributed by atoms with Crippen LogP contribution in [0.3, 0.4) is 0 Å². The predicted molar refractivity (Wildman–Crippen MR) is 95.4 cm³/mol. The third-order valence-corrected chi connectivity index (χ3v) is 5.05. The summed E-state index contributed by atoms with van der Waals surface area (Å²) in [6.45, 7) is 1.37. The number of sulfonamides is 1. The number of hydrogen-bond acceptors (Lipinski definition) is 8. The zero-order chi connectivity index (χ0) is 18.7. The summed E-state index contributed by atoms with van der Waals surface area (Å²) in [4.78, 5) is 20.4. The molecule has 1 atom stereocenters. The van der Waals surface area contributed by atoms with Crippen molar-refractivity contribution in [2.75, 3.05) is 23.3 Å². The maximum atomic E-state index is 11.8. The average Bonchev–Trinajstić information content (AvgIpc) is 2.62. The van der Waals surface area contributed by atoms with Crippen LogP contribution in [0, 0.1) is 10.1 Å². The summed E-state index contributed by atoms with van der Waals surface area (Å²) in [5.74, 6) is 0.606. The van der Waals surface area contributed by atoms with Crippen molar-refractivity contribution in [1.29, 1.82) is 0 Å². The Morgan fingerprint density at radius 1 is 1.31 bits per heavy atom. The molecule has 0 amide bonds. The molecule has 3 rings (SSSR count). The first kappa shape index (κ1) is 18.0. The third kappa shape index (κ3) is 4.06. The van der Waals surface area contributed by atoms with E-state index in [4.69, 9.17) is 5.14 Å². The van der Waals surface area contributed by atoms with Crippen LogP contribution in [0.1, 0.15) is 12.8 Å². The molecule has 138 valence electrons. The molecule has 0 spiro atoms. The van der Waals surface area contributed by atoms with Crippen LogP contribution >= 0.6 is 0 Å². The molecule has 3 N–H and O–H groups in total. The van der Waals surface area contributed by atoms with E-state index in [9.17, 15) is 18.5 Å². The maximum absolute atomic E-state index is 11.8. The second-order valence-electron chi connectivity index (χ2n) is 5.96. The van der Waals surface area contributed by atoms with Gasteiger partial charge in [-0.25, -0.2) is 23.5 Å². The Labute approximate surface area is 150 Å². The van der Waals surface area contributed by atoms with Gasteiger partial charge in [0.15, 0.2) is 0 Å². The van der Waals surface area contributed by atoms with E-state index in [0.717, 1.165) is 25.5 Å². The number of nitro groups is 1. The molecule has 1 aliphatic rings. The molecule has 26 heavy (non-hydrogen) atoms. The summed E-state index contributed by atoms with van der Waals surface area (Å²) in [5, 5.41) is 19.3. The number of non-ortho nitro benzene ring substituents is 1. The molecule has 1 saturated heterocycles. The van der Waals surface area contributed by atoms with Gasteiger partial charge in [-0.1, -0.05) is 0 Å². The van der Waals surface area contributed by atoms with Crippen LogP contribution in [0.25, 0.3) is 0 Å². The highest BCUT2D eigenvalue weighted by molar-refractivity contribution is 7.89. The summed E-state index contributed by atoms with van der Waals surface area (Å²) >= 11 is 0. The third-order valence-electron chi connectivity index (χ3n) is 4.10. The van der Waals surface area contributed by atoms with Gasteiger partial charge in [0.2, 0.25) is 16.0 Å². The van der Waals surface area contributed by atoms with Gasteiger partial charge in [0.05, 0.1) is 10.6 Å². The Bertz CT molecular complexity index is 906. The average molecular weight is 378 g/mol. The molecule has 11 heteroatoms. The number of hydrogen-bond donors (Lipinski definition) is 2. The lowest BCUT2D eigenvalue weighted by molar-refractivity contribution is -0.385. The number of nitrogens with zero attached hydrogens (tertiary/aromatic N) is 4. The van der Waals surface area contributed by atoms with Crippen LogP contribution in [0.4, 0.5) is 17.3 Å². The fourth-order valence-corrected chi connectivity index (χ4v) is 3.65. The summed E-state index contributed by atoms with van der Waals surface area (Å²) in [7, 11) is -4.11. The van der Waals surface area contributed by atoms with Gasteiger partial charge in [-0.05, 0) is 25.0 Å². The van der Waals surface area contributed by atoms with E-state index in [0.29, 0.717) is 12.5 Å². The van der Waals surface area contributed by atoms with Crippen LogP contribution in [-0.2, 0) is 10.0 Å². The quantitative estimate of drug-likeness (QED) is 0.581. The standard InChI is InChI=1S/C15H18N6O4S/c16-26(24,25)14-9-12(21(22)23)4-5-13(14)19-11-3-1-8-20(10-11)15-17-6-2-7-18-15/h2,4-7,9,11,19H,1,3,8,10H2,(H2,16,24,25). The summed E-state index contributed by atoms with van der Waals surface area (Å²) in [6.07, 6.45) is 5.00. The lowest BCUT2D eigenvalue weighted by Crippen LogP contribution is -2.43. The number of aromatic nitrogens is 2. The molecule has 2 heterocycles. The fourth-order valence-electron chi connectivity index (χ4n) is 2.93.